The molecule has 1 aromatic heterocycles. The average molecular weight is 369 g/mol. The Balaban J connectivity index is 1.91. The van der Waals surface area contributed by atoms with Crippen LogP contribution in [0.1, 0.15) is 37.9 Å². The zero-order valence-corrected chi connectivity index (χ0v) is 12.8. The molecule has 0 aliphatic heterocycles. The van der Waals surface area contributed by atoms with Crippen LogP contribution < -0.4 is 5.73 Å². The number of halogens is 1. The Morgan fingerprint density at radius 1 is 1.21 bits per heavy atom. The van der Waals surface area contributed by atoms with Crippen molar-refractivity contribution in [2.75, 3.05) is 0 Å². The Bertz CT molecular complexity index is 576. The van der Waals surface area contributed by atoms with Crippen LogP contribution >= 0.6 is 22.6 Å². The second-order valence-electron chi connectivity index (χ2n) is 5.15. The van der Waals surface area contributed by atoms with E-state index in [0.29, 0.717) is 11.7 Å². The first kappa shape index (κ1) is 13.1. The molecule has 0 spiro atoms. The van der Waals surface area contributed by atoms with Crippen molar-refractivity contribution in [2.45, 2.75) is 37.6 Å². The molecule has 1 aromatic carbocycles. The predicted molar refractivity (Wildman–Crippen MR) is 81.4 cm³/mol. The third-order valence-electron chi connectivity index (χ3n) is 3.69. The van der Waals surface area contributed by atoms with Crippen LogP contribution in [-0.2, 0) is 5.54 Å². The van der Waals surface area contributed by atoms with Crippen LogP contribution in [0.2, 0.25) is 0 Å². The standard InChI is InChI=1S/C14H16IN3O/c15-11-6-4-5-10(9-11)12-17-13(18-19-12)14(16)7-2-1-3-8-14/h4-6,9H,1-3,7-8,16H2. The fourth-order valence-electron chi connectivity index (χ4n) is 2.57. The molecule has 0 unspecified atom stereocenters. The zero-order chi connectivity index (χ0) is 13.3. The SMILES string of the molecule is NC1(c2noc(-c3cccc(I)c3)n2)CCCCC1. The highest BCUT2D eigenvalue weighted by molar-refractivity contribution is 14.1. The number of benzene rings is 1. The van der Waals surface area contributed by atoms with Gasteiger partial charge in [0.2, 0.25) is 0 Å². The molecule has 1 aliphatic rings. The number of rotatable bonds is 2. The van der Waals surface area contributed by atoms with Gasteiger partial charge in [0, 0.05) is 9.13 Å². The lowest BCUT2D eigenvalue weighted by Crippen LogP contribution is -2.39. The van der Waals surface area contributed by atoms with Crippen LogP contribution in [0.25, 0.3) is 11.5 Å². The first-order valence-corrected chi connectivity index (χ1v) is 7.64. The minimum Gasteiger partial charge on any atom is -0.334 e. The lowest BCUT2D eigenvalue weighted by molar-refractivity contribution is 0.275. The predicted octanol–water partition coefficient (Wildman–Crippen LogP) is 3.46. The third-order valence-corrected chi connectivity index (χ3v) is 4.36. The first-order valence-electron chi connectivity index (χ1n) is 6.56. The number of hydrogen-bond donors (Lipinski definition) is 1. The summed E-state index contributed by atoms with van der Waals surface area (Å²) < 4.78 is 6.53. The van der Waals surface area contributed by atoms with E-state index in [1.165, 1.54) is 6.42 Å². The van der Waals surface area contributed by atoms with E-state index in [1.54, 1.807) is 0 Å². The van der Waals surface area contributed by atoms with Crippen molar-refractivity contribution in [2.24, 2.45) is 5.73 Å². The van der Waals surface area contributed by atoms with Gasteiger partial charge in [0.15, 0.2) is 5.82 Å². The van der Waals surface area contributed by atoms with E-state index in [2.05, 4.69) is 32.7 Å². The maximum absolute atomic E-state index is 6.42. The van der Waals surface area contributed by atoms with Crippen LogP contribution in [-0.4, -0.2) is 10.1 Å². The molecular formula is C14H16IN3O. The van der Waals surface area contributed by atoms with E-state index >= 15 is 0 Å². The zero-order valence-electron chi connectivity index (χ0n) is 10.6. The van der Waals surface area contributed by atoms with E-state index in [9.17, 15) is 0 Å². The molecule has 0 amide bonds. The maximum atomic E-state index is 6.42. The average Bonchev–Trinajstić information content (AvgIpc) is 2.90. The molecule has 0 saturated heterocycles. The summed E-state index contributed by atoms with van der Waals surface area (Å²) in [7, 11) is 0. The van der Waals surface area contributed by atoms with Crippen molar-refractivity contribution in [1.82, 2.24) is 10.1 Å². The van der Waals surface area contributed by atoms with Crippen LogP contribution in [0, 0.1) is 3.57 Å². The molecule has 4 nitrogen and oxygen atoms in total. The molecule has 0 bridgehead atoms. The Morgan fingerprint density at radius 3 is 2.74 bits per heavy atom. The van der Waals surface area contributed by atoms with Gasteiger partial charge in [-0.05, 0) is 53.6 Å². The quantitative estimate of drug-likeness (QED) is 0.824. The highest BCUT2D eigenvalue weighted by atomic mass is 127. The summed E-state index contributed by atoms with van der Waals surface area (Å²) in [5.74, 6) is 1.21. The fourth-order valence-corrected chi connectivity index (χ4v) is 3.11. The highest BCUT2D eigenvalue weighted by Gasteiger charge is 2.34. The van der Waals surface area contributed by atoms with Crippen molar-refractivity contribution in [3.63, 3.8) is 0 Å². The molecule has 0 radical (unpaired) electrons. The lowest BCUT2D eigenvalue weighted by Gasteiger charge is -2.29. The fraction of sp³-hybridized carbons (Fsp3) is 0.429. The largest absolute Gasteiger partial charge is 0.334 e. The molecule has 3 rings (SSSR count). The first-order chi connectivity index (χ1) is 9.17. The maximum Gasteiger partial charge on any atom is 0.258 e. The molecule has 1 aliphatic carbocycles. The van der Waals surface area contributed by atoms with Crippen molar-refractivity contribution in [1.29, 1.82) is 0 Å². The van der Waals surface area contributed by atoms with Gasteiger partial charge >= 0.3 is 0 Å². The molecule has 1 fully saturated rings. The summed E-state index contributed by atoms with van der Waals surface area (Å²) in [4.78, 5) is 4.51. The molecule has 2 aromatic rings. The van der Waals surface area contributed by atoms with Crippen molar-refractivity contribution in [3.8, 4) is 11.5 Å². The van der Waals surface area contributed by atoms with Crippen molar-refractivity contribution >= 4 is 22.6 Å². The van der Waals surface area contributed by atoms with Gasteiger partial charge in [-0.3, -0.25) is 0 Å². The number of nitrogens with two attached hydrogens (primary N) is 1. The summed E-state index contributed by atoms with van der Waals surface area (Å²) in [6, 6.07) is 8.03. The lowest BCUT2D eigenvalue weighted by atomic mass is 9.82. The van der Waals surface area contributed by atoms with Gasteiger partial charge < -0.3 is 10.3 Å². The number of hydrogen-bond acceptors (Lipinski definition) is 4. The molecular weight excluding hydrogens is 353 g/mol. The van der Waals surface area contributed by atoms with Gasteiger partial charge in [0.25, 0.3) is 5.89 Å². The van der Waals surface area contributed by atoms with Gasteiger partial charge in [0.05, 0.1) is 5.54 Å². The minimum atomic E-state index is -0.401. The van der Waals surface area contributed by atoms with Gasteiger partial charge in [-0.25, -0.2) is 0 Å². The van der Waals surface area contributed by atoms with E-state index < -0.39 is 5.54 Å². The smallest absolute Gasteiger partial charge is 0.258 e. The van der Waals surface area contributed by atoms with Gasteiger partial charge in [0.1, 0.15) is 0 Å². The van der Waals surface area contributed by atoms with Gasteiger partial charge in [-0.2, -0.15) is 4.98 Å². The van der Waals surface area contributed by atoms with Crippen LogP contribution in [0.4, 0.5) is 0 Å². The molecule has 19 heavy (non-hydrogen) atoms. The normalized spacial score (nSPS) is 18.4. The van der Waals surface area contributed by atoms with E-state index in [1.807, 2.05) is 24.3 Å². The summed E-state index contributed by atoms with van der Waals surface area (Å²) in [5, 5.41) is 4.10. The number of aromatic nitrogens is 2. The third kappa shape index (κ3) is 2.67. The Kier molecular flexibility index (Phi) is 3.58. The van der Waals surface area contributed by atoms with Gasteiger partial charge in [-0.1, -0.05) is 30.5 Å². The van der Waals surface area contributed by atoms with E-state index in [-0.39, 0.29) is 0 Å². The van der Waals surface area contributed by atoms with Crippen LogP contribution in [0.15, 0.2) is 28.8 Å². The van der Waals surface area contributed by atoms with Crippen LogP contribution in [0.5, 0.6) is 0 Å². The molecule has 1 heterocycles. The summed E-state index contributed by atoms with van der Waals surface area (Å²) in [5.41, 5.74) is 6.96. The Morgan fingerprint density at radius 2 is 2.00 bits per heavy atom. The highest BCUT2D eigenvalue weighted by Crippen LogP contribution is 2.34. The van der Waals surface area contributed by atoms with E-state index in [4.69, 9.17) is 10.3 Å². The second-order valence-corrected chi connectivity index (χ2v) is 6.40. The van der Waals surface area contributed by atoms with Crippen LogP contribution in [0.3, 0.4) is 0 Å². The van der Waals surface area contributed by atoms with E-state index in [0.717, 1.165) is 34.8 Å². The number of nitrogens with zero attached hydrogens (tertiary/aromatic N) is 2. The van der Waals surface area contributed by atoms with Gasteiger partial charge in [-0.15, -0.1) is 0 Å². The summed E-state index contributed by atoms with van der Waals surface area (Å²) >= 11 is 2.27. The Labute approximate surface area is 125 Å². The molecule has 1 saturated carbocycles. The molecule has 100 valence electrons. The minimum absolute atomic E-state index is 0.401. The van der Waals surface area contributed by atoms with Crippen molar-refractivity contribution < 1.29 is 4.52 Å². The Hall–Kier alpha value is -0.950. The summed E-state index contributed by atoms with van der Waals surface area (Å²) in [6.07, 6.45) is 5.42. The molecule has 0 atom stereocenters. The topological polar surface area (TPSA) is 64.9 Å². The molecule has 5 heteroatoms. The van der Waals surface area contributed by atoms with Crippen molar-refractivity contribution in [3.05, 3.63) is 33.7 Å². The monoisotopic (exact) mass is 369 g/mol. The molecule has 2 N–H and O–H groups in total. The summed E-state index contributed by atoms with van der Waals surface area (Å²) in [6.45, 7) is 0. The second kappa shape index (κ2) is 5.20.